The van der Waals surface area contributed by atoms with E-state index < -0.39 is 0 Å². The number of nitrogens with zero attached hydrogens (tertiary/aromatic N) is 6. The van der Waals surface area contributed by atoms with E-state index in [4.69, 9.17) is 18.9 Å². The molecule has 0 N–H and O–H groups in total. The molecule has 2 aromatic heterocycles. The summed E-state index contributed by atoms with van der Waals surface area (Å²) in [5.74, 6) is 1.90. The molecule has 10 heteroatoms. The van der Waals surface area contributed by atoms with Gasteiger partial charge < -0.3 is 23.8 Å². The molecule has 202 valence electrons. The average molecular weight is 529 g/mol. The number of ether oxygens (including phenoxy) is 4. The lowest BCUT2D eigenvalue weighted by Crippen LogP contribution is -2.20. The number of tetrazole rings is 1. The highest BCUT2D eigenvalue weighted by Crippen LogP contribution is 2.37. The summed E-state index contributed by atoms with van der Waals surface area (Å²) in [5, 5.41) is 13.1. The quantitative estimate of drug-likeness (QED) is 0.287. The molecule has 39 heavy (non-hydrogen) atoms. The summed E-state index contributed by atoms with van der Waals surface area (Å²) >= 11 is 0. The van der Waals surface area contributed by atoms with Gasteiger partial charge >= 0.3 is 0 Å². The van der Waals surface area contributed by atoms with Gasteiger partial charge in [0.15, 0.2) is 24.0 Å². The minimum absolute atomic E-state index is 0.143. The fourth-order valence-electron chi connectivity index (χ4n) is 4.87. The molecule has 6 rings (SSSR count). The first-order chi connectivity index (χ1) is 19.3. The third-order valence-electron chi connectivity index (χ3n) is 6.95. The van der Waals surface area contributed by atoms with E-state index in [1.807, 2.05) is 42.6 Å². The molecule has 2 saturated heterocycles. The molecule has 2 aliphatic rings. The number of hydrogen-bond acceptors (Lipinski definition) is 9. The maximum absolute atomic E-state index is 6.18. The Morgan fingerprint density at radius 1 is 0.949 bits per heavy atom. The van der Waals surface area contributed by atoms with Crippen LogP contribution in [0.3, 0.4) is 0 Å². The van der Waals surface area contributed by atoms with E-state index in [1.165, 1.54) is 0 Å². The smallest absolute Gasteiger partial charge is 0.205 e. The molecule has 0 saturated carbocycles. The molecule has 0 radical (unpaired) electrons. The average Bonchev–Trinajstić information content (AvgIpc) is 3.70. The Bertz CT molecular complexity index is 1350. The van der Waals surface area contributed by atoms with E-state index >= 15 is 0 Å². The van der Waals surface area contributed by atoms with Gasteiger partial charge in [-0.3, -0.25) is 4.98 Å². The predicted octanol–water partition coefficient (Wildman–Crippen LogP) is 5.30. The SMILES string of the molecule is COc1ccc(N(Cc2cccnc2)c2ccc(-c3nnn(C4CCCCO4)n3)cc2)cc1OC1CCCO1. The van der Waals surface area contributed by atoms with Crippen molar-refractivity contribution in [2.24, 2.45) is 0 Å². The summed E-state index contributed by atoms with van der Waals surface area (Å²) in [6.45, 7) is 2.06. The van der Waals surface area contributed by atoms with Crippen molar-refractivity contribution >= 4 is 11.4 Å². The van der Waals surface area contributed by atoms with Crippen LogP contribution in [0.4, 0.5) is 11.4 Å². The summed E-state index contributed by atoms with van der Waals surface area (Å²) in [5.41, 5.74) is 3.92. The Morgan fingerprint density at radius 2 is 1.82 bits per heavy atom. The number of benzene rings is 2. The normalized spacial score (nSPS) is 19.1. The first-order valence-electron chi connectivity index (χ1n) is 13.4. The molecule has 0 spiro atoms. The number of hydrogen-bond donors (Lipinski definition) is 0. The van der Waals surface area contributed by atoms with Crippen molar-refractivity contribution in [1.29, 1.82) is 0 Å². The van der Waals surface area contributed by atoms with Gasteiger partial charge in [0.05, 0.1) is 13.7 Å². The van der Waals surface area contributed by atoms with Gasteiger partial charge in [-0.1, -0.05) is 6.07 Å². The molecule has 0 amide bonds. The van der Waals surface area contributed by atoms with Gasteiger partial charge in [-0.2, -0.15) is 0 Å². The van der Waals surface area contributed by atoms with Crippen molar-refractivity contribution in [2.75, 3.05) is 25.2 Å². The van der Waals surface area contributed by atoms with Crippen LogP contribution in [-0.2, 0) is 16.0 Å². The van der Waals surface area contributed by atoms with Gasteiger partial charge in [-0.25, -0.2) is 0 Å². The lowest BCUT2D eigenvalue weighted by molar-refractivity contribution is -0.0488. The summed E-state index contributed by atoms with van der Waals surface area (Å²) in [7, 11) is 1.65. The highest BCUT2D eigenvalue weighted by Gasteiger charge is 2.22. The Kier molecular flexibility index (Phi) is 7.64. The summed E-state index contributed by atoms with van der Waals surface area (Å²) in [6.07, 6.45) is 8.18. The first kappa shape index (κ1) is 25.3. The zero-order valence-electron chi connectivity index (χ0n) is 22.0. The van der Waals surface area contributed by atoms with Crippen molar-refractivity contribution in [1.82, 2.24) is 25.2 Å². The second kappa shape index (κ2) is 11.8. The van der Waals surface area contributed by atoms with Crippen LogP contribution in [0.25, 0.3) is 11.4 Å². The third kappa shape index (κ3) is 5.86. The zero-order valence-corrected chi connectivity index (χ0v) is 22.0. The standard InChI is InChI=1S/C29H32N6O4/c1-36-25-14-13-24(18-26(25)39-28-8-5-17-38-28)34(20-21-6-4-15-30-19-21)23-11-9-22(10-12-23)29-31-33-35(32-29)27-7-2-3-16-37-27/h4,6,9-15,18-19,27-28H,2-3,5,7-8,16-17,20H2,1H3. The second-order valence-corrected chi connectivity index (χ2v) is 9.64. The van der Waals surface area contributed by atoms with E-state index in [9.17, 15) is 0 Å². The summed E-state index contributed by atoms with van der Waals surface area (Å²) in [4.78, 5) is 8.11. The minimum Gasteiger partial charge on any atom is -0.493 e. The zero-order chi connectivity index (χ0) is 26.4. The van der Waals surface area contributed by atoms with E-state index in [1.54, 1.807) is 18.1 Å². The molecule has 2 unspecified atom stereocenters. The Morgan fingerprint density at radius 3 is 2.56 bits per heavy atom. The Hall–Kier alpha value is -4.02. The van der Waals surface area contributed by atoms with Crippen LogP contribution in [0.2, 0.25) is 0 Å². The van der Waals surface area contributed by atoms with Crippen LogP contribution >= 0.6 is 0 Å². The molecule has 2 aliphatic heterocycles. The lowest BCUT2D eigenvalue weighted by atomic mass is 10.1. The maximum atomic E-state index is 6.18. The van der Waals surface area contributed by atoms with Gasteiger partial charge in [0.25, 0.3) is 0 Å². The summed E-state index contributed by atoms with van der Waals surface area (Å²) < 4.78 is 23.3. The van der Waals surface area contributed by atoms with Gasteiger partial charge in [0, 0.05) is 55.0 Å². The fourth-order valence-corrected chi connectivity index (χ4v) is 4.87. The lowest BCUT2D eigenvalue weighted by Gasteiger charge is -2.26. The molecule has 4 aromatic rings. The van der Waals surface area contributed by atoms with Crippen molar-refractivity contribution in [3.05, 3.63) is 72.6 Å². The van der Waals surface area contributed by atoms with Crippen LogP contribution in [0.1, 0.15) is 43.9 Å². The van der Waals surface area contributed by atoms with E-state index in [2.05, 4.69) is 43.5 Å². The molecule has 0 bridgehead atoms. The topological polar surface area (TPSA) is 96.7 Å². The summed E-state index contributed by atoms with van der Waals surface area (Å²) in [6, 6.07) is 18.1. The molecule has 10 nitrogen and oxygen atoms in total. The van der Waals surface area contributed by atoms with Crippen LogP contribution in [-0.4, -0.2) is 51.8 Å². The predicted molar refractivity (Wildman–Crippen MR) is 145 cm³/mol. The number of pyridine rings is 1. The molecular weight excluding hydrogens is 496 g/mol. The second-order valence-electron chi connectivity index (χ2n) is 9.64. The van der Waals surface area contributed by atoms with Crippen molar-refractivity contribution in [3.8, 4) is 22.9 Å². The molecule has 4 heterocycles. The third-order valence-corrected chi connectivity index (χ3v) is 6.95. The number of anilines is 2. The van der Waals surface area contributed by atoms with Crippen LogP contribution in [0, 0.1) is 0 Å². The van der Waals surface area contributed by atoms with E-state index in [0.29, 0.717) is 30.5 Å². The number of methoxy groups -OCH3 is 1. The molecular formula is C29H32N6O4. The van der Waals surface area contributed by atoms with Crippen LogP contribution < -0.4 is 14.4 Å². The fraction of sp³-hybridized carbons (Fsp3) is 0.379. The molecule has 2 aromatic carbocycles. The first-order valence-corrected chi connectivity index (χ1v) is 13.4. The Labute approximate surface area is 227 Å². The van der Waals surface area contributed by atoms with Crippen molar-refractivity contribution in [3.63, 3.8) is 0 Å². The highest BCUT2D eigenvalue weighted by atomic mass is 16.7. The Balaban J connectivity index is 1.29. The molecule has 2 atom stereocenters. The molecule has 0 aliphatic carbocycles. The van der Waals surface area contributed by atoms with Gasteiger partial charge in [-0.15, -0.1) is 15.0 Å². The number of rotatable bonds is 9. The maximum Gasteiger partial charge on any atom is 0.205 e. The van der Waals surface area contributed by atoms with Gasteiger partial charge in [0.1, 0.15) is 0 Å². The van der Waals surface area contributed by atoms with Crippen LogP contribution in [0.5, 0.6) is 11.5 Å². The van der Waals surface area contributed by atoms with Gasteiger partial charge in [-0.05, 0) is 78.9 Å². The largest absolute Gasteiger partial charge is 0.493 e. The van der Waals surface area contributed by atoms with Crippen LogP contribution in [0.15, 0.2) is 67.0 Å². The monoisotopic (exact) mass is 528 g/mol. The van der Waals surface area contributed by atoms with E-state index in [0.717, 1.165) is 61.2 Å². The minimum atomic E-state index is -0.264. The van der Waals surface area contributed by atoms with E-state index in [-0.39, 0.29) is 12.5 Å². The molecule has 2 fully saturated rings. The van der Waals surface area contributed by atoms with Crippen molar-refractivity contribution in [2.45, 2.75) is 51.2 Å². The van der Waals surface area contributed by atoms with Gasteiger partial charge in [0.2, 0.25) is 5.82 Å². The highest BCUT2D eigenvalue weighted by molar-refractivity contribution is 5.69. The van der Waals surface area contributed by atoms with Crippen molar-refractivity contribution < 1.29 is 18.9 Å². The number of aromatic nitrogens is 5.